The topological polar surface area (TPSA) is 76.1 Å². The van der Waals surface area contributed by atoms with Crippen molar-refractivity contribution in [1.29, 1.82) is 0 Å². The third-order valence-electron chi connectivity index (χ3n) is 4.78. The van der Waals surface area contributed by atoms with E-state index in [0.29, 0.717) is 12.4 Å². The van der Waals surface area contributed by atoms with E-state index in [2.05, 4.69) is 32.7 Å². The molecule has 6 heteroatoms. The zero-order valence-corrected chi connectivity index (χ0v) is 15.5. The van der Waals surface area contributed by atoms with Gasteiger partial charge in [-0.3, -0.25) is 4.79 Å². The van der Waals surface area contributed by atoms with Crippen LogP contribution in [0.2, 0.25) is 0 Å². The fourth-order valence-electron chi connectivity index (χ4n) is 3.15. The van der Waals surface area contributed by atoms with E-state index in [-0.39, 0.29) is 11.8 Å². The van der Waals surface area contributed by atoms with E-state index in [1.54, 1.807) is 13.3 Å². The Kier molecular flexibility index (Phi) is 4.73. The molecule has 1 aromatic carbocycles. The Bertz CT molecular complexity index is 981. The number of methoxy groups -OCH3 is 1. The number of ether oxygens (including phenoxy) is 1. The lowest BCUT2D eigenvalue weighted by atomic mass is 10.0. The van der Waals surface area contributed by atoms with Gasteiger partial charge in [-0.15, -0.1) is 0 Å². The normalized spacial score (nSPS) is 13.6. The molecule has 1 amide bonds. The molecule has 2 heterocycles. The molecule has 0 atom stereocenters. The average Bonchev–Trinajstić information content (AvgIpc) is 3.53. The summed E-state index contributed by atoms with van der Waals surface area (Å²) in [5.41, 5.74) is 3.17. The number of nitrogens with zero attached hydrogens (tertiary/aromatic N) is 2. The number of fused-ring (bicyclic) bond motifs is 1. The molecule has 27 heavy (non-hydrogen) atoms. The second-order valence-electron chi connectivity index (χ2n) is 6.78. The van der Waals surface area contributed by atoms with Crippen LogP contribution < -0.4 is 10.6 Å². The molecule has 0 spiro atoms. The summed E-state index contributed by atoms with van der Waals surface area (Å²) in [5, 5.41) is 7.95. The number of carbonyl (C=O) groups is 1. The van der Waals surface area contributed by atoms with E-state index in [1.165, 1.54) is 0 Å². The van der Waals surface area contributed by atoms with Gasteiger partial charge in [-0.2, -0.15) is 0 Å². The first-order chi connectivity index (χ1) is 13.2. The van der Waals surface area contributed by atoms with Gasteiger partial charge in [-0.1, -0.05) is 24.3 Å². The largest absolute Gasteiger partial charge is 0.380 e. The van der Waals surface area contributed by atoms with Crippen LogP contribution in [0.15, 0.2) is 42.7 Å². The van der Waals surface area contributed by atoms with Crippen molar-refractivity contribution in [3.63, 3.8) is 0 Å². The van der Waals surface area contributed by atoms with Gasteiger partial charge < -0.3 is 15.4 Å². The minimum absolute atomic E-state index is 0.0511. The van der Waals surface area contributed by atoms with Crippen molar-refractivity contribution in [1.82, 2.24) is 9.97 Å². The van der Waals surface area contributed by atoms with Crippen LogP contribution in [0.3, 0.4) is 0 Å². The van der Waals surface area contributed by atoms with Crippen molar-refractivity contribution in [3.8, 4) is 11.1 Å². The quantitative estimate of drug-likeness (QED) is 0.697. The lowest BCUT2D eigenvalue weighted by molar-refractivity contribution is -0.117. The second-order valence-corrected chi connectivity index (χ2v) is 6.78. The molecular weight excluding hydrogens is 340 g/mol. The summed E-state index contributed by atoms with van der Waals surface area (Å²) in [4.78, 5) is 21.0. The minimum Gasteiger partial charge on any atom is -0.380 e. The van der Waals surface area contributed by atoms with Crippen LogP contribution in [0.25, 0.3) is 21.9 Å². The third-order valence-corrected chi connectivity index (χ3v) is 4.78. The predicted octanol–water partition coefficient (Wildman–Crippen LogP) is 3.83. The molecule has 0 saturated heterocycles. The van der Waals surface area contributed by atoms with Crippen LogP contribution in [-0.2, 0) is 16.1 Å². The average molecular weight is 362 g/mol. The van der Waals surface area contributed by atoms with E-state index < -0.39 is 0 Å². The zero-order valence-electron chi connectivity index (χ0n) is 15.5. The summed E-state index contributed by atoms with van der Waals surface area (Å²) in [6, 6.07) is 10.2. The van der Waals surface area contributed by atoms with Crippen LogP contribution in [0.4, 0.5) is 11.6 Å². The highest BCUT2D eigenvalue weighted by atomic mass is 16.5. The number of aromatic nitrogens is 2. The number of carbonyl (C=O) groups excluding carboxylic acids is 1. The second kappa shape index (κ2) is 7.32. The number of amides is 1. The Labute approximate surface area is 158 Å². The number of benzene rings is 1. The molecule has 2 N–H and O–H groups in total. The van der Waals surface area contributed by atoms with Gasteiger partial charge in [0.2, 0.25) is 5.91 Å². The molecule has 1 saturated carbocycles. The Morgan fingerprint density at radius 2 is 1.93 bits per heavy atom. The molecule has 0 unspecified atom stereocenters. The van der Waals surface area contributed by atoms with Gasteiger partial charge >= 0.3 is 0 Å². The Hall–Kier alpha value is -2.99. The van der Waals surface area contributed by atoms with E-state index in [9.17, 15) is 4.79 Å². The molecule has 2 aromatic heterocycles. The van der Waals surface area contributed by atoms with Crippen molar-refractivity contribution in [2.75, 3.05) is 24.8 Å². The summed E-state index contributed by atoms with van der Waals surface area (Å²) in [7, 11) is 3.52. The van der Waals surface area contributed by atoms with Crippen LogP contribution in [0.1, 0.15) is 18.4 Å². The van der Waals surface area contributed by atoms with Gasteiger partial charge in [-0.05, 0) is 35.4 Å². The van der Waals surface area contributed by atoms with Gasteiger partial charge in [0, 0.05) is 43.4 Å². The van der Waals surface area contributed by atoms with Gasteiger partial charge in [0.1, 0.15) is 11.6 Å². The Morgan fingerprint density at radius 1 is 1.15 bits per heavy atom. The number of nitrogens with one attached hydrogen (secondary N) is 2. The van der Waals surface area contributed by atoms with E-state index in [1.807, 2.05) is 31.4 Å². The first-order valence-electron chi connectivity index (χ1n) is 9.05. The van der Waals surface area contributed by atoms with Crippen LogP contribution >= 0.6 is 0 Å². The SMILES string of the molecule is CNc1ncc(-c2ccc(COC)cc2)c2cc(NC(=O)C3CC3)ncc12. The monoisotopic (exact) mass is 362 g/mol. The molecular formula is C21H22N4O2. The molecule has 0 bridgehead atoms. The summed E-state index contributed by atoms with van der Waals surface area (Å²) < 4.78 is 5.18. The summed E-state index contributed by atoms with van der Waals surface area (Å²) >= 11 is 0. The van der Waals surface area contributed by atoms with Gasteiger partial charge in [0.05, 0.1) is 6.61 Å². The number of anilines is 2. The van der Waals surface area contributed by atoms with Crippen LogP contribution in [-0.4, -0.2) is 30.0 Å². The fraction of sp³-hybridized carbons (Fsp3) is 0.286. The van der Waals surface area contributed by atoms with Gasteiger partial charge in [-0.25, -0.2) is 9.97 Å². The molecule has 0 aliphatic heterocycles. The van der Waals surface area contributed by atoms with Crippen LogP contribution in [0, 0.1) is 5.92 Å². The zero-order chi connectivity index (χ0) is 18.8. The molecule has 3 aromatic rings. The van der Waals surface area contributed by atoms with E-state index in [0.717, 1.165) is 46.1 Å². The molecule has 138 valence electrons. The lowest BCUT2D eigenvalue weighted by Gasteiger charge is -2.12. The first kappa shape index (κ1) is 17.4. The third kappa shape index (κ3) is 3.61. The number of pyridine rings is 2. The highest BCUT2D eigenvalue weighted by Crippen LogP contribution is 2.34. The number of hydrogen-bond acceptors (Lipinski definition) is 5. The number of rotatable bonds is 6. The van der Waals surface area contributed by atoms with Crippen molar-refractivity contribution in [2.45, 2.75) is 19.4 Å². The molecule has 1 fully saturated rings. The highest BCUT2D eigenvalue weighted by Gasteiger charge is 2.29. The van der Waals surface area contributed by atoms with Crippen molar-refractivity contribution in [2.24, 2.45) is 5.92 Å². The fourth-order valence-corrected chi connectivity index (χ4v) is 3.15. The molecule has 1 aliphatic carbocycles. The number of hydrogen-bond donors (Lipinski definition) is 2. The minimum atomic E-state index is 0.0511. The summed E-state index contributed by atoms with van der Waals surface area (Å²) in [6.45, 7) is 0.583. The highest BCUT2D eigenvalue weighted by molar-refractivity contribution is 6.03. The first-order valence-corrected chi connectivity index (χ1v) is 9.05. The van der Waals surface area contributed by atoms with Crippen molar-refractivity contribution >= 4 is 28.3 Å². The maximum Gasteiger partial charge on any atom is 0.228 e. The molecule has 4 rings (SSSR count). The Balaban J connectivity index is 1.77. The summed E-state index contributed by atoms with van der Waals surface area (Å²) in [6.07, 6.45) is 5.55. The predicted molar refractivity (Wildman–Crippen MR) is 107 cm³/mol. The van der Waals surface area contributed by atoms with Crippen molar-refractivity contribution < 1.29 is 9.53 Å². The van der Waals surface area contributed by atoms with Crippen LogP contribution in [0.5, 0.6) is 0 Å². The van der Waals surface area contributed by atoms with E-state index >= 15 is 0 Å². The lowest BCUT2D eigenvalue weighted by Crippen LogP contribution is -2.14. The molecule has 0 radical (unpaired) electrons. The maximum absolute atomic E-state index is 12.1. The maximum atomic E-state index is 12.1. The van der Waals surface area contributed by atoms with Crippen molar-refractivity contribution in [3.05, 3.63) is 48.3 Å². The Morgan fingerprint density at radius 3 is 2.59 bits per heavy atom. The van der Waals surface area contributed by atoms with Gasteiger partial charge in [0.15, 0.2) is 0 Å². The smallest absolute Gasteiger partial charge is 0.228 e. The summed E-state index contributed by atoms with van der Waals surface area (Å²) in [5.74, 6) is 1.53. The molecule has 6 nitrogen and oxygen atoms in total. The van der Waals surface area contributed by atoms with Gasteiger partial charge in [0.25, 0.3) is 0 Å². The molecule has 1 aliphatic rings. The van der Waals surface area contributed by atoms with E-state index in [4.69, 9.17) is 4.74 Å². The standard InChI is InChI=1S/C21H22N4O2/c1-22-20-18-11-23-19(25-21(26)15-7-8-15)9-16(18)17(10-24-20)14-5-3-13(4-6-14)12-27-2/h3-6,9-11,15H,7-8,12H2,1-2H3,(H,22,24)(H,23,25,26).